The number of sulfonamides is 1. The molecule has 2 amide bonds. The molecule has 1 N–H and O–H groups in total. The fourth-order valence-corrected chi connectivity index (χ4v) is 5.75. The van der Waals surface area contributed by atoms with E-state index < -0.39 is 34.3 Å². The number of amides is 2. The monoisotopic (exact) mass is 585 g/mol. The van der Waals surface area contributed by atoms with Crippen molar-refractivity contribution in [3.05, 3.63) is 84.2 Å². The van der Waals surface area contributed by atoms with Gasteiger partial charge in [-0.05, 0) is 62.2 Å². The summed E-state index contributed by atoms with van der Waals surface area (Å²) in [5.74, 6) is -1.01. The smallest absolute Gasteiger partial charge is 0.264 e. The van der Waals surface area contributed by atoms with Gasteiger partial charge in [-0.15, -0.1) is 0 Å². The number of methoxy groups -OCH3 is 2. The van der Waals surface area contributed by atoms with Crippen LogP contribution in [-0.4, -0.2) is 58.0 Å². The van der Waals surface area contributed by atoms with Gasteiger partial charge in [0, 0.05) is 18.7 Å². The highest BCUT2D eigenvalue weighted by atomic mass is 32.2. The Morgan fingerprint density at radius 2 is 1.56 bits per heavy atom. The maximum Gasteiger partial charge on any atom is 0.264 e. The van der Waals surface area contributed by atoms with E-state index in [1.54, 1.807) is 6.92 Å². The van der Waals surface area contributed by atoms with E-state index >= 15 is 0 Å². The standard InChI is InChI=1S/C30H36FN3O6S/c1-6-26(30(36)32-21(2)3)33(19-22-10-8-7-9-11-22)29(35)20-34(24-14-12-23(31)13-15-24)41(37,38)25-16-17-27(39-4)28(18-25)40-5/h7-18,21,26H,6,19-20H2,1-5H3,(H,32,36)/t26-/m1/s1. The third-order valence-electron chi connectivity index (χ3n) is 6.35. The first kappa shape index (κ1) is 31.4. The van der Waals surface area contributed by atoms with Crippen molar-refractivity contribution in [2.75, 3.05) is 25.1 Å². The lowest BCUT2D eigenvalue weighted by molar-refractivity contribution is -0.140. The highest BCUT2D eigenvalue weighted by Crippen LogP contribution is 2.32. The van der Waals surface area contributed by atoms with E-state index in [0.29, 0.717) is 12.2 Å². The molecule has 0 spiro atoms. The number of nitrogens with one attached hydrogen (secondary N) is 1. The Bertz CT molecular complexity index is 1430. The summed E-state index contributed by atoms with van der Waals surface area (Å²) in [6.45, 7) is 4.87. The average Bonchev–Trinajstić information content (AvgIpc) is 2.95. The molecule has 0 unspecified atom stereocenters. The normalized spacial score (nSPS) is 12.0. The van der Waals surface area contributed by atoms with Crippen LogP contribution in [0.25, 0.3) is 0 Å². The van der Waals surface area contributed by atoms with Crippen LogP contribution < -0.4 is 19.1 Å². The number of halogens is 1. The third kappa shape index (κ3) is 7.75. The highest BCUT2D eigenvalue weighted by Gasteiger charge is 2.34. The molecule has 0 fully saturated rings. The molecule has 41 heavy (non-hydrogen) atoms. The molecule has 0 aliphatic carbocycles. The van der Waals surface area contributed by atoms with Crippen LogP contribution in [0, 0.1) is 5.82 Å². The maximum absolute atomic E-state index is 14.0. The van der Waals surface area contributed by atoms with Gasteiger partial charge in [0.1, 0.15) is 18.4 Å². The molecule has 0 heterocycles. The van der Waals surface area contributed by atoms with Crippen molar-refractivity contribution in [3.63, 3.8) is 0 Å². The number of carbonyl (C=O) groups is 2. The van der Waals surface area contributed by atoms with Gasteiger partial charge in [-0.2, -0.15) is 0 Å². The first-order valence-corrected chi connectivity index (χ1v) is 14.6. The quantitative estimate of drug-likeness (QED) is 0.320. The Morgan fingerprint density at radius 3 is 2.12 bits per heavy atom. The second kappa shape index (κ2) is 14.0. The molecule has 0 aliphatic heterocycles. The summed E-state index contributed by atoms with van der Waals surface area (Å²) in [5, 5.41) is 2.85. The van der Waals surface area contributed by atoms with Gasteiger partial charge in [0.05, 0.1) is 24.8 Å². The van der Waals surface area contributed by atoms with Crippen LogP contribution in [0.1, 0.15) is 32.8 Å². The van der Waals surface area contributed by atoms with Crippen LogP contribution in [0.4, 0.5) is 10.1 Å². The van der Waals surface area contributed by atoms with E-state index in [0.717, 1.165) is 22.0 Å². The first-order valence-electron chi connectivity index (χ1n) is 13.2. The second-order valence-electron chi connectivity index (χ2n) is 9.60. The van der Waals surface area contributed by atoms with Crippen LogP contribution in [0.2, 0.25) is 0 Å². The predicted octanol–water partition coefficient (Wildman–Crippen LogP) is 4.37. The van der Waals surface area contributed by atoms with Crippen molar-refractivity contribution in [3.8, 4) is 11.5 Å². The summed E-state index contributed by atoms with van der Waals surface area (Å²) >= 11 is 0. The molecule has 220 valence electrons. The summed E-state index contributed by atoms with van der Waals surface area (Å²) in [6, 6.07) is 17.0. The highest BCUT2D eigenvalue weighted by molar-refractivity contribution is 7.92. The van der Waals surface area contributed by atoms with E-state index in [2.05, 4.69) is 5.32 Å². The lowest BCUT2D eigenvalue weighted by Gasteiger charge is -2.33. The van der Waals surface area contributed by atoms with Gasteiger partial charge in [-0.3, -0.25) is 13.9 Å². The van der Waals surface area contributed by atoms with Crippen molar-refractivity contribution in [1.82, 2.24) is 10.2 Å². The molecule has 0 aromatic heterocycles. The second-order valence-corrected chi connectivity index (χ2v) is 11.5. The molecule has 11 heteroatoms. The number of carbonyl (C=O) groups excluding carboxylic acids is 2. The van der Waals surface area contributed by atoms with Crippen LogP contribution in [-0.2, 0) is 26.2 Å². The zero-order valence-corrected chi connectivity index (χ0v) is 24.7. The van der Waals surface area contributed by atoms with E-state index in [1.165, 1.54) is 49.5 Å². The maximum atomic E-state index is 14.0. The van der Waals surface area contributed by atoms with Crippen LogP contribution >= 0.6 is 0 Å². The Morgan fingerprint density at radius 1 is 0.927 bits per heavy atom. The van der Waals surface area contributed by atoms with Crippen molar-refractivity contribution in [1.29, 1.82) is 0 Å². The number of ether oxygens (including phenoxy) is 2. The Kier molecular flexibility index (Phi) is 10.7. The van der Waals surface area contributed by atoms with Crippen LogP contribution in [0.5, 0.6) is 11.5 Å². The Labute approximate surface area is 240 Å². The van der Waals surface area contributed by atoms with Crippen LogP contribution in [0.15, 0.2) is 77.7 Å². The summed E-state index contributed by atoms with van der Waals surface area (Å²) in [4.78, 5) is 28.4. The van der Waals surface area contributed by atoms with Gasteiger partial charge in [0.15, 0.2) is 11.5 Å². The number of nitrogens with zero attached hydrogens (tertiary/aromatic N) is 2. The molecule has 3 aromatic carbocycles. The zero-order valence-electron chi connectivity index (χ0n) is 23.8. The fraction of sp³-hybridized carbons (Fsp3) is 0.333. The molecule has 9 nitrogen and oxygen atoms in total. The number of hydrogen-bond donors (Lipinski definition) is 1. The lowest BCUT2D eigenvalue weighted by Crippen LogP contribution is -2.53. The molecule has 0 bridgehead atoms. The van der Waals surface area contributed by atoms with E-state index in [-0.39, 0.29) is 34.8 Å². The van der Waals surface area contributed by atoms with Crippen molar-refractivity contribution in [2.45, 2.75) is 50.7 Å². The molecule has 1 atom stereocenters. The zero-order chi connectivity index (χ0) is 30.2. The first-order chi connectivity index (χ1) is 19.5. The van der Waals surface area contributed by atoms with Gasteiger partial charge in [0.2, 0.25) is 11.8 Å². The minimum Gasteiger partial charge on any atom is -0.493 e. The number of rotatable bonds is 13. The fourth-order valence-electron chi connectivity index (χ4n) is 4.32. The molecular formula is C30H36FN3O6S. The molecule has 0 saturated carbocycles. The van der Waals surface area contributed by atoms with Gasteiger partial charge in [0.25, 0.3) is 10.0 Å². The van der Waals surface area contributed by atoms with Gasteiger partial charge < -0.3 is 19.7 Å². The van der Waals surface area contributed by atoms with E-state index in [9.17, 15) is 22.4 Å². The molecular weight excluding hydrogens is 549 g/mol. The predicted molar refractivity (Wildman–Crippen MR) is 155 cm³/mol. The van der Waals surface area contributed by atoms with Crippen molar-refractivity contribution in [2.24, 2.45) is 0 Å². The van der Waals surface area contributed by atoms with Gasteiger partial charge >= 0.3 is 0 Å². The molecule has 0 radical (unpaired) electrons. The van der Waals surface area contributed by atoms with E-state index in [4.69, 9.17) is 9.47 Å². The van der Waals surface area contributed by atoms with Crippen molar-refractivity contribution >= 4 is 27.5 Å². The van der Waals surface area contributed by atoms with Crippen LogP contribution in [0.3, 0.4) is 0 Å². The minimum absolute atomic E-state index is 0.0777. The molecule has 0 aliphatic rings. The molecule has 3 rings (SSSR count). The SMILES string of the molecule is CC[C@H](C(=O)NC(C)C)N(Cc1ccccc1)C(=O)CN(c1ccc(F)cc1)S(=O)(=O)c1ccc(OC)c(OC)c1. The summed E-state index contributed by atoms with van der Waals surface area (Å²) in [5.41, 5.74) is 0.849. The topological polar surface area (TPSA) is 105 Å². The number of benzene rings is 3. The van der Waals surface area contributed by atoms with Crippen molar-refractivity contribution < 1.29 is 31.9 Å². The third-order valence-corrected chi connectivity index (χ3v) is 8.12. The summed E-state index contributed by atoms with van der Waals surface area (Å²) < 4.78 is 53.2. The molecule has 0 saturated heterocycles. The van der Waals surface area contributed by atoms with Gasteiger partial charge in [-0.25, -0.2) is 12.8 Å². The Balaban J connectivity index is 2.08. The number of hydrogen-bond acceptors (Lipinski definition) is 6. The number of anilines is 1. The minimum atomic E-state index is -4.37. The average molecular weight is 586 g/mol. The molecule has 3 aromatic rings. The van der Waals surface area contributed by atoms with E-state index in [1.807, 2.05) is 44.2 Å². The largest absolute Gasteiger partial charge is 0.493 e. The lowest BCUT2D eigenvalue weighted by atomic mass is 10.1. The summed E-state index contributed by atoms with van der Waals surface area (Å²) in [7, 11) is -1.56. The van der Waals surface area contributed by atoms with Gasteiger partial charge in [-0.1, -0.05) is 37.3 Å². The summed E-state index contributed by atoms with van der Waals surface area (Å²) in [6.07, 6.45) is 0.302. The Hall–Kier alpha value is -4.12.